The minimum absolute atomic E-state index is 0.00257. The van der Waals surface area contributed by atoms with Gasteiger partial charge in [-0.1, -0.05) is 30.3 Å². The predicted molar refractivity (Wildman–Crippen MR) is 137 cm³/mol. The highest BCUT2D eigenvalue weighted by Gasteiger charge is 2.52. The van der Waals surface area contributed by atoms with Crippen molar-refractivity contribution in [2.24, 2.45) is 5.92 Å². The van der Waals surface area contributed by atoms with Crippen molar-refractivity contribution in [2.75, 3.05) is 0 Å². The molecule has 3 aromatic rings. The molecule has 2 heterocycles. The largest absolute Gasteiger partial charge is 0.444 e. The molecule has 2 aromatic carbocycles. The number of ether oxygens (including phenoxy) is 1. The van der Waals surface area contributed by atoms with Crippen LogP contribution in [0.1, 0.15) is 45.6 Å². The van der Waals surface area contributed by atoms with E-state index in [9.17, 15) is 19.6 Å². The van der Waals surface area contributed by atoms with Crippen LogP contribution in [0.15, 0.2) is 51.7 Å². The van der Waals surface area contributed by atoms with Crippen LogP contribution >= 0.6 is 0 Å². The number of nitriles is 1. The number of nitrogens with zero attached hydrogens (tertiary/aromatic N) is 2. The molecule has 2 bridgehead atoms. The van der Waals surface area contributed by atoms with Crippen LogP contribution in [0.25, 0.3) is 22.2 Å². The van der Waals surface area contributed by atoms with Gasteiger partial charge in [0.25, 0.3) is 0 Å². The Hall–Kier alpha value is -4.06. The van der Waals surface area contributed by atoms with Gasteiger partial charge in [-0.2, -0.15) is 5.26 Å². The van der Waals surface area contributed by atoms with E-state index in [2.05, 4.69) is 16.4 Å². The standard InChI is InChI=1S/C28H30N4O5/c1-28(2,3)37-27(35)32-21-10-8-19(13-21)24(32)25(33)30-20(15-29)12-16-4-6-17(7-5-16)18-9-11-23-22(14-18)31-26(34)36-23/h4-7,9,11,14,19-21,24H,8,10,12-13H2,1-3H3,(H,30,33)(H,31,34)/t19-,20-,21+,24?/m0/s1. The van der Waals surface area contributed by atoms with Gasteiger partial charge in [-0.05, 0) is 74.8 Å². The summed E-state index contributed by atoms with van der Waals surface area (Å²) in [5.74, 6) is -0.714. The normalized spacial score (nSPS) is 21.6. The van der Waals surface area contributed by atoms with Crippen LogP contribution in [0.5, 0.6) is 0 Å². The molecule has 2 fully saturated rings. The lowest BCUT2D eigenvalue weighted by atomic mass is 9.97. The maximum atomic E-state index is 13.3. The number of fused-ring (bicyclic) bond motifs is 3. The van der Waals surface area contributed by atoms with Gasteiger partial charge in [0.15, 0.2) is 5.58 Å². The second-order valence-electron chi connectivity index (χ2n) is 10.9. The quantitative estimate of drug-likeness (QED) is 0.540. The van der Waals surface area contributed by atoms with E-state index >= 15 is 0 Å². The molecule has 0 spiro atoms. The Bertz CT molecular complexity index is 1430. The van der Waals surface area contributed by atoms with Crippen LogP contribution in [0.2, 0.25) is 0 Å². The topological polar surface area (TPSA) is 128 Å². The number of likely N-dealkylation sites (tertiary alicyclic amines) is 1. The lowest BCUT2D eigenvalue weighted by molar-refractivity contribution is -0.128. The maximum Gasteiger partial charge on any atom is 0.417 e. The van der Waals surface area contributed by atoms with Gasteiger partial charge in [-0.25, -0.2) is 9.59 Å². The number of hydrogen-bond donors (Lipinski definition) is 2. The van der Waals surface area contributed by atoms with Crippen molar-refractivity contribution in [1.29, 1.82) is 5.26 Å². The van der Waals surface area contributed by atoms with Crippen molar-refractivity contribution in [1.82, 2.24) is 15.2 Å². The number of hydrogen-bond acceptors (Lipinski definition) is 6. The Morgan fingerprint density at radius 2 is 1.92 bits per heavy atom. The zero-order valence-electron chi connectivity index (χ0n) is 21.1. The summed E-state index contributed by atoms with van der Waals surface area (Å²) < 4.78 is 10.6. The molecular weight excluding hydrogens is 472 g/mol. The number of benzene rings is 2. The molecule has 37 heavy (non-hydrogen) atoms. The van der Waals surface area contributed by atoms with Gasteiger partial charge in [0, 0.05) is 12.5 Å². The molecule has 0 radical (unpaired) electrons. The van der Waals surface area contributed by atoms with Gasteiger partial charge in [0.1, 0.15) is 17.7 Å². The van der Waals surface area contributed by atoms with Crippen LogP contribution < -0.4 is 11.1 Å². The van der Waals surface area contributed by atoms with E-state index in [0.717, 1.165) is 36.0 Å². The minimum Gasteiger partial charge on any atom is -0.444 e. The monoisotopic (exact) mass is 502 g/mol. The highest BCUT2D eigenvalue weighted by molar-refractivity contribution is 5.87. The molecule has 9 nitrogen and oxygen atoms in total. The molecule has 1 unspecified atom stereocenters. The van der Waals surface area contributed by atoms with E-state index in [1.165, 1.54) is 0 Å². The molecule has 1 aliphatic carbocycles. The smallest absolute Gasteiger partial charge is 0.417 e. The molecule has 9 heteroatoms. The Labute approximate surface area is 214 Å². The first-order chi connectivity index (χ1) is 17.6. The van der Waals surface area contributed by atoms with Crippen molar-refractivity contribution in [3.63, 3.8) is 0 Å². The Morgan fingerprint density at radius 1 is 1.19 bits per heavy atom. The first-order valence-corrected chi connectivity index (χ1v) is 12.5. The summed E-state index contributed by atoms with van der Waals surface area (Å²) in [6.07, 6.45) is 2.41. The van der Waals surface area contributed by atoms with Crippen LogP contribution in [0.3, 0.4) is 0 Å². The third kappa shape index (κ3) is 5.10. The molecule has 5 rings (SSSR count). The molecule has 2 N–H and O–H groups in total. The molecule has 1 aliphatic heterocycles. The molecule has 2 amide bonds. The molecule has 1 saturated carbocycles. The number of nitrogens with one attached hydrogen (secondary N) is 2. The number of piperidine rings is 1. The number of amides is 2. The Morgan fingerprint density at radius 3 is 2.62 bits per heavy atom. The summed E-state index contributed by atoms with van der Waals surface area (Å²) in [6.45, 7) is 5.42. The van der Waals surface area contributed by atoms with E-state index in [-0.39, 0.29) is 17.9 Å². The van der Waals surface area contributed by atoms with E-state index < -0.39 is 29.5 Å². The van der Waals surface area contributed by atoms with Gasteiger partial charge >= 0.3 is 11.8 Å². The summed E-state index contributed by atoms with van der Waals surface area (Å²) in [5, 5.41) is 12.6. The van der Waals surface area contributed by atoms with Gasteiger partial charge < -0.3 is 14.5 Å². The van der Waals surface area contributed by atoms with Gasteiger partial charge in [-0.3, -0.25) is 14.7 Å². The molecule has 1 saturated heterocycles. The number of H-pyrrole nitrogens is 1. The highest BCUT2D eigenvalue weighted by atomic mass is 16.6. The Kier molecular flexibility index (Phi) is 6.28. The van der Waals surface area contributed by atoms with E-state index in [4.69, 9.17) is 9.15 Å². The Balaban J connectivity index is 1.26. The second-order valence-corrected chi connectivity index (χ2v) is 10.9. The number of aromatic amines is 1. The molecule has 4 atom stereocenters. The van der Waals surface area contributed by atoms with E-state index in [1.807, 2.05) is 57.2 Å². The molecular formula is C28H30N4O5. The van der Waals surface area contributed by atoms with Crippen molar-refractivity contribution < 1.29 is 18.7 Å². The first kappa shape index (κ1) is 24.6. The summed E-state index contributed by atoms with van der Waals surface area (Å²) in [4.78, 5) is 41.8. The number of oxazole rings is 1. The fraction of sp³-hybridized carbons (Fsp3) is 0.429. The second kappa shape index (κ2) is 9.43. The van der Waals surface area contributed by atoms with Crippen molar-refractivity contribution in [3.8, 4) is 17.2 Å². The average molecular weight is 503 g/mol. The number of carbonyl (C=O) groups excluding carboxylic acids is 2. The van der Waals surface area contributed by atoms with Crippen LogP contribution in [0.4, 0.5) is 4.79 Å². The first-order valence-electron chi connectivity index (χ1n) is 12.5. The maximum absolute atomic E-state index is 13.3. The number of carbonyl (C=O) groups is 2. The summed E-state index contributed by atoms with van der Waals surface area (Å²) in [7, 11) is 0. The van der Waals surface area contributed by atoms with Crippen LogP contribution in [-0.2, 0) is 16.0 Å². The number of rotatable bonds is 5. The van der Waals surface area contributed by atoms with E-state index in [0.29, 0.717) is 17.5 Å². The van der Waals surface area contributed by atoms with Gasteiger partial charge in [-0.15, -0.1) is 0 Å². The van der Waals surface area contributed by atoms with Crippen LogP contribution in [-0.4, -0.2) is 45.6 Å². The predicted octanol–water partition coefficient (Wildman–Crippen LogP) is 4.13. The number of aromatic nitrogens is 1. The lowest BCUT2D eigenvalue weighted by Crippen LogP contribution is -2.55. The molecule has 192 valence electrons. The van der Waals surface area contributed by atoms with E-state index in [1.54, 1.807) is 11.0 Å². The van der Waals surface area contributed by atoms with Gasteiger partial charge in [0.05, 0.1) is 11.6 Å². The fourth-order valence-corrected chi connectivity index (χ4v) is 5.49. The zero-order chi connectivity index (χ0) is 26.3. The fourth-order valence-electron chi connectivity index (χ4n) is 5.49. The average Bonchev–Trinajstić information content (AvgIpc) is 3.56. The minimum atomic E-state index is -0.731. The van der Waals surface area contributed by atoms with Gasteiger partial charge in [0.2, 0.25) is 5.91 Å². The molecule has 2 aliphatic rings. The SMILES string of the molecule is CC(C)(C)OC(=O)N1C(C(=O)N[C@H](C#N)Cc2ccc(-c3ccc4oc(=O)[nH]c4c3)cc2)[C@H]2CC[C@@H]1C2. The van der Waals surface area contributed by atoms with Crippen LogP contribution in [0, 0.1) is 17.2 Å². The summed E-state index contributed by atoms with van der Waals surface area (Å²) >= 11 is 0. The lowest BCUT2D eigenvalue weighted by Gasteiger charge is -2.35. The van der Waals surface area contributed by atoms with Crippen molar-refractivity contribution in [3.05, 3.63) is 58.6 Å². The van der Waals surface area contributed by atoms with Crippen molar-refractivity contribution >= 4 is 23.1 Å². The summed E-state index contributed by atoms with van der Waals surface area (Å²) in [6, 6.07) is 14.0. The molecule has 1 aromatic heterocycles. The third-order valence-electron chi connectivity index (χ3n) is 7.08. The summed E-state index contributed by atoms with van der Waals surface area (Å²) in [5.41, 5.74) is 3.23. The highest BCUT2D eigenvalue weighted by Crippen LogP contribution is 2.43. The zero-order valence-corrected chi connectivity index (χ0v) is 21.1. The van der Waals surface area contributed by atoms with Crippen molar-refractivity contribution in [2.45, 2.75) is 70.2 Å². The third-order valence-corrected chi connectivity index (χ3v) is 7.08.